The summed E-state index contributed by atoms with van der Waals surface area (Å²) in [7, 11) is 0. The topological polar surface area (TPSA) is 39.4 Å². The summed E-state index contributed by atoms with van der Waals surface area (Å²) in [5, 5.41) is 0. The molecule has 0 fully saturated rings. The van der Waals surface area contributed by atoms with E-state index in [1.807, 2.05) is 30.5 Å². The molecule has 0 spiro atoms. The summed E-state index contributed by atoms with van der Waals surface area (Å²) in [5.41, 5.74) is 0.320. The van der Waals surface area contributed by atoms with Crippen LogP contribution in [0.2, 0.25) is 0 Å². The minimum absolute atomic E-state index is 0.0382. The molecule has 1 heterocycles. The molecule has 128 valence electrons. The molecule has 25 heavy (non-hydrogen) atoms. The maximum atomic E-state index is 14.1. The quantitative estimate of drug-likeness (QED) is 0.482. The molecule has 3 nitrogen and oxygen atoms in total. The molecule has 0 N–H and O–H groups in total. The van der Waals surface area contributed by atoms with Crippen LogP contribution in [0.4, 0.5) is 4.39 Å². The van der Waals surface area contributed by atoms with Crippen LogP contribution in [0.25, 0.3) is 11.3 Å². The summed E-state index contributed by atoms with van der Waals surface area (Å²) in [6.45, 7) is 1.69. The molecule has 3 aromatic rings. The number of aryl methyl sites for hydroxylation is 1. The summed E-state index contributed by atoms with van der Waals surface area (Å²) in [6.07, 6.45) is 1.98. The van der Waals surface area contributed by atoms with Crippen LogP contribution < -0.4 is 10.2 Å². The predicted molar refractivity (Wildman–Crippen MR) is 101 cm³/mol. The maximum absolute atomic E-state index is 14.1. The number of rotatable bonds is 4. The Morgan fingerprint density at radius 1 is 1.12 bits per heavy atom. The van der Waals surface area contributed by atoms with Gasteiger partial charge in [-0.2, -0.15) is 0 Å². The van der Waals surface area contributed by atoms with Gasteiger partial charge in [0.25, 0.3) is 0 Å². The van der Waals surface area contributed by atoms with E-state index in [0.29, 0.717) is 15.8 Å². The van der Waals surface area contributed by atoms with Gasteiger partial charge >= 0.3 is 0 Å². The first-order valence-corrected chi connectivity index (χ1v) is 9.42. The van der Waals surface area contributed by atoms with Gasteiger partial charge in [-0.1, -0.05) is 15.9 Å². The molecule has 0 unspecified atom stereocenters. The highest BCUT2D eigenvalue weighted by Gasteiger charge is 2.17. The van der Waals surface area contributed by atoms with Crippen LogP contribution in [-0.2, 0) is 0 Å². The molecule has 0 bridgehead atoms. The molecule has 2 aromatic carbocycles. The SMILES string of the molecule is CSc1ccc(-c2oc(C)cc(=O)c2Oc2ccc(Br)cc2F)cc1. The van der Waals surface area contributed by atoms with Gasteiger partial charge in [0.2, 0.25) is 11.2 Å². The van der Waals surface area contributed by atoms with E-state index in [1.54, 1.807) is 24.8 Å². The zero-order chi connectivity index (χ0) is 18.0. The Balaban J connectivity index is 2.10. The smallest absolute Gasteiger partial charge is 0.228 e. The van der Waals surface area contributed by atoms with E-state index in [4.69, 9.17) is 9.15 Å². The number of hydrogen-bond donors (Lipinski definition) is 0. The summed E-state index contributed by atoms with van der Waals surface area (Å²) < 4.78 is 26.0. The van der Waals surface area contributed by atoms with Crippen LogP contribution in [0.15, 0.2) is 67.1 Å². The van der Waals surface area contributed by atoms with Crippen molar-refractivity contribution in [2.75, 3.05) is 6.26 Å². The van der Waals surface area contributed by atoms with Crippen LogP contribution in [0.5, 0.6) is 11.5 Å². The standard InChI is InChI=1S/C19H14BrFO3S/c1-11-9-16(22)19(24-17-8-5-13(20)10-15(17)21)18(23-11)12-3-6-14(25-2)7-4-12/h3-10H,1-2H3. The molecule has 0 aliphatic rings. The van der Waals surface area contributed by atoms with Gasteiger partial charge in [0.05, 0.1) is 0 Å². The Kier molecular flexibility index (Phi) is 5.30. The lowest BCUT2D eigenvalue weighted by Gasteiger charge is -2.11. The van der Waals surface area contributed by atoms with Crippen molar-refractivity contribution in [2.45, 2.75) is 11.8 Å². The normalized spacial score (nSPS) is 10.7. The van der Waals surface area contributed by atoms with Crippen LogP contribution in [0, 0.1) is 12.7 Å². The van der Waals surface area contributed by atoms with Crippen molar-refractivity contribution in [1.82, 2.24) is 0 Å². The summed E-state index contributed by atoms with van der Waals surface area (Å²) in [6, 6.07) is 13.2. The van der Waals surface area contributed by atoms with Gasteiger partial charge in [0, 0.05) is 21.0 Å². The molecule has 3 rings (SSSR count). The van der Waals surface area contributed by atoms with E-state index >= 15 is 0 Å². The van der Waals surface area contributed by atoms with Gasteiger partial charge in [-0.15, -0.1) is 11.8 Å². The van der Waals surface area contributed by atoms with E-state index in [0.717, 1.165) is 4.90 Å². The second kappa shape index (κ2) is 7.45. The highest BCUT2D eigenvalue weighted by Crippen LogP contribution is 2.34. The van der Waals surface area contributed by atoms with E-state index in [2.05, 4.69) is 15.9 Å². The molecule has 6 heteroatoms. The fourth-order valence-electron chi connectivity index (χ4n) is 2.30. The van der Waals surface area contributed by atoms with E-state index < -0.39 is 5.82 Å². The molecule has 0 atom stereocenters. The number of thioether (sulfide) groups is 1. The lowest BCUT2D eigenvalue weighted by molar-refractivity contribution is 0.414. The average Bonchev–Trinajstić information content (AvgIpc) is 2.59. The third-order valence-electron chi connectivity index (χ3n) is 3.49. The maximum Gasteiger partial charge on any atom is 0.228 e. The van der Waals surface area contributed by atoms with Crippen molar-refractivity contribution in [2.24, 2.45) is 0 Å². The Bertz CT molecular complexity index is 967. The fraction of sp³-hybridized carbons (Fsp3) is 0.105. The first-order chi connectivity index (χ1) is 12.0. The minimum Gasteiger partial charge on any atom is -0.457 e. The molecule has 0 saturated carbocycles. The first kappa shape index (κ1) is 17.8. The zero-order valence-electron chi connectivity index (χ0n) is 13.5. The zero-order valence-corrected chi connectivity index (χ0v) is 15.9. The van der Waals surface area contributed by atoms with Crippen LogP contribution >= 0.6 is 27.7 Å². The van der Waals surface area contributed by atoms with Crippen molar-refractivity contribution < 1.29 is 13.5 Å². The third-order valence-corrected chi connectivity index (χ3v) is 4.72. The largest absolute Gasteiger partial charge is 0.457 e. The summed E-state index contributed by atoms with van der Waals surface area (Å²) in [4.78, 5) is 13.5. The van der Waals surface area contributed by atoms with Crippen LogP contribution in [-0.4, -0.2) is 6.26 Å². The third kappa shape index (κ3) is 3.96. The van der Waals surface area contributed by atoms with Gasteiger partial charge in [-0.05, 0) is 55.6 Å². The van der Waals surface area contributed by atoms with Crippen molar-refractivity contribution in [1.29, 1.82) is 0 Å². The van der Waals surface area contributed by atoms with Gasteiger partial charge in [0.1, 0.15) is 5.76 Å². The Morgan fingerprint density at radius 2 is 1.84 bits per heavy atom. The van der Waals surface area contributed by atoms with Gasteiger partial charge in [0.15, 0.2) is 17.3 Å². The van der Waals surface area contributed by atoms with E-state index in [-0.39, 0.29) is 22.7 Å². The van der Waals surface area contributed by atoms with E-state index in [1.165, 1.54) is 18.2 Å². The monoisotopic (exact) mass is 420 g/mol. The van der Waals surface area contributed by atoms with E-state index in [9.17, 15) is 9.18 Å². The van der Waals surface area contributed by atoms with Crippen molar-refractivity contribution >= 4 is 27.7 Å². The minimum atomic E-state index is -0.571. The predicted octanol–water partition coefficient (Wildman–Crippen LogP) is 6.03. The number of ether oxygens (including phenoxy) is 1. The lowest BCUT2D eigenvalue weighted by atomic mass is 10.1. The summed E-state index contributed by atoms with van der Waals surface area (Å²) >= 11 is 4.80. The van der Waals surface area contributed by atoms with Crippen LogP contribution in [0.3, 0.4) is 0 Å². The van der Waals surface area contributed by atoms with Crippen molar-refractivity contribution in [3.05, 3.63) is 74.8 Å². The Labute approximate surface area is 157 Å². The second-order valence-corrected chi connectivity index (χ2v) is 7.08. The average molecular weight is 421 g/mol. The first-order valence-electron chi connectivity index (χ1n) is 7.40. The number of benzene rings is 2. The lowest BCUT2D eigenvalue weighted by Crippen LogP contribution is -2.07. The van der Waals surface area contributed by atoms with Crippen molar-refractivity contribution in [3.63, 3.8) is 0 Å². The Hall–Kier alpha value is -2.05. The molecule has 0 radical (unpaired) electrons. The van der Waals surface area contributed by atoms with Crippen LogP contribution in [0.1, 0.15) is 5.76 Å². The molecule has 0 saturated heterocycles. The molecule has 0 aliphatic carbocycles. The molecular weight excluding hydrogens is 407 g/mol. The highest BCUT2D eigenvalue weighted by molar-refractivity contribution is 9.10. The Morgan fingerprint density at radius 3 is 2.48 bits per heavy atom. The second-order valence-electron chi connectivity index (χ2n) is 5.28. The molecule has 0 amide bonds. The molecular formula is C19H14BrFO3S. The number of hydrogen-bond acceptors (Lipinski definition) is 4. The fourth-order valence-corrected chi connectivity index (χ4v) is 3.04. The number of halogens is 2. The molecule has 1 aromatic heterocycles. The summed E-state index contributed by atoms with van der Waals surface area (Å²) in [5.74, 6) is 0.0839. The van der Waals surface area contributed by atoms with Crippen molar-refractivity contribution in [3.8, 4) is 22.8 Å². The molecule has 0 aliphatic heterocycles. The highest BCUT2D eigenvalue weighted by atomic mass is 79.9. The van der Waals surface area contributed by atoms with Gasteiger partial charge in [-0.3, -0.25) is 4.79 Å². The van der Waals surface area contributed by atoms with Gasteiger partial charge < -0.3 is 9.15 Å². The van der Waals surface area contributed by atoms with Gasteiger partial charge in [-0.25, -0.2) is 4.39 Å².